The molecule has 1 N–H and O–H groups in total. The monoisotopic (exact) mass is 294 g/mol. The van der Waals surface area contributed by atoms with Gasteiger partial charge >= 0.3 is 5.97 Å². The Hall–Kier alpha value is -1.88. The van der Waals surface area contributed by atoms with Crippen LogP contribution in [-0.4, -0.2) is 21.3 Å². The van der Waals surface area contributed by atoms with Gasteiger partial charge in [0, 0.05) is 23.4 Å². The van der Waals surface area contributed by atoms with E-state index in [1.807, 2.05) is 26.0 Å². The molecule has 2 rings (SSSR count). The fourth-order valence-electron chi connectivity index (χ4n) is 1.90. The smallest absolute Gasteiger partial charge is 0.303 e. The van der Waals surface area contributed by atoms with E-state index in [-0.39, 0.29) is 12.3 Å². The summed E-state index contributed by atoms with van der Waals surface area (Å²) in [4.78, 5) is 10.6. The van der Waals surface area contributed by atoms with Gasteiger partial charge in [0.2, 0.25) is 11.8 Å². The Morgan fingerprint density at radius 3 is 2.85 bits per heavy atom. The molecular weight excluding hydrogens is 280 g/mol. The van der Waals surface area contributed by atoms with E-state index >= 15 is 0 Å². The summed E-state index contributed by atoms with van der Waals surface area (Å²) in [5.41, 5.74) is 1.74. The van der Waals surface area contributed by atoms with Gasteiger partial charge in [-0.25, -0.2) is 0 Å². The molecule has 0 aliphatic rings. The van der Waals surface area contributed by atoms with Crippen molar-refractivity contribution >= 4 is 17.6 Å². The molecule has 2 aromatic rings. The van der Waals surface area contributed by atoms with Gasteiger partial charge in [0.25, 0.3) is 0 Å². The number of hydrogen-bond acceptors (Lipinski definition) is 4. The summed E-state index contributed by atoms with van der Waals surface area (Å²) in [6, 6.07) is 5.47. The molecule has 6 heteroatoms. The molecule has 0 amide bonds. The number of nitrogens with zero attached hydrogens (tertiary/aromatic N) is 2. The van der Waals surface area contributed by atoms with Crippen molar-refractivity contribution in [2.24, 2.45) is 5.92 Å². The zero-order valence-electron chi connectivity index (χ0n) is 11.3. The van der Waals surface area contributed by atoms with Crippen LogP contribution in [0.2, 0.25) is 5.02 Å². The Bertz CT molecular complexity index is 625. The van der Waals surface area contributed by atoms with Crippen LogP contribution in [0.3, 0.4) is 0 Å². The van der Waals surface area contributed by atoms with Crippen molar-refractivity contribution in [2.45, 2.75) is 26.7 Å². The van der Waals surface area contributed by atoms with Crippen molar-refractivity contribution in [1.82, 2.24) is 10.2 Å². The van der Waals surface area contributed by atoms with Crippen LogP contribution in [-0.2, 0) is 11.2 Å². The lowest BCUT2D eigenvalue weighted by Gasteiger charge is -2.03. The highest BCUT2D eigenvalue weighted by Crippen LogP contribution is 2.24. The molecule has 0 fully saturated rings. The summed E-state index contributed by atoms with van der Waals surface area (Å²) < 4.78 is 5.56. The first-order chi connectivity index (χ1) is 9.45. The van der Waals surface area contributed by atoms with Gasteiger partial charge in [-0.3, -0.25) is 4.79 Å². The van der Waals surface area contributed by atoms with Crippen molar-refractivity contribution in [3.8, 4) is 11.5 Å². The zero-order chi connectivity index (χ0) is 14.7. The summed E-state index contributed by atoms with van der Waals surface area (Å²) >= 11 is 5.97. The Kier molecular flexibility index (Phi) is 4.39. The van der Waals surface area contributed by atoms with Crippen LogP contribution in [0.4, 0.5) is 0 Å². The number of benzene rings is 1. The first kappa shape index (κ1) is 14.5. The molecule has 5 nitrogen and oxygen atoms in total. The van der Waals surface area contributed by atoms with Gasteiger partial charge < -0.3 is 9.52 Å². The minimum absolute atomic E-state index is 0.0484. The standard InChI is InChI=1S/C14H15ClN2O3/c1-8(6-13(18)19)5-12-16-17-14(20-12)10-3-4-11(15)9(2)7-10/h3-4,7-8H,5-6H2,1-2H3,(H,18,19). The van der Waals surface area contributed by atoms with Gasteiger partial charge in [-0.05, 0) is 36.6 Å². The van der Waals surface area contributed by atoms with Crippen LogP contribution in [0, 0.1) is 12.8 Å². The van der Waals surface area contributed by atoms with Crippen molar-refractivity contribution in [3.05, 3.63) is 34.7 Å². The van der Waals surface area contributed by atoms with E-state index in [4.69, 9.17) is 21.1 Å². The lowest BCUT2D eigenvalue weighted by atomic mass is 10.0. The molecule has 106 valence electrons. The van der Waals surface area contributed by atoms with Gasteiger partial charge in [-0.15, -0.1) is 10.2 Å². The molecule has 1 heterocycles. The minimum Gasteiger partial charge on any atom is -0.481 e. The molecule has 0 saturated carbocycles. The second-order valence-electron chi connectivity index (χ2n) is 4.87. The van der Waals surface area contributed by atoms with E-state index in [0.717, 1.165) is 11.1 Å². The Morgan fingerprint density at radius 2 is 2.20 bits per heavy atom. The highest BCUT2D eigenvalue weighted by molar-refractivity contribution is 6.31. The maximum absolute atomic E-state index is 10.6. The summed E-state index contributed by atoms with van der Waals surface area (Å²) in [5.74, 6) is -0.0121. The van der Waals surface area contributed by atoms with Crippen molar-refractivity contribution in [1.29, 1.82) is 0 Å². The number of carboxylic acid groups (broad SMARTS) is 1. The number of carbonyl (C=O) groups is 1. The number of carboxylic acids is 1. The van der Waals surface area contributed by atoms with E-state index in [1.165, 1.54) is 0 Å². The largest absolute Gasteiger partial charge is 0.481 e. The predicted molar refractivity (Wildman–Crippen MR) is 74.6 cm³/mol. The average molecular weight is 295 g/mol. The number of rotatable bonds is 5. The van der Waals surface area contributed by atoms with Gasteiger partial charge in [0.1, 0.15) is 0 Å². The van der Waals surface area contributed by atoms with E-state index in [2.05, 4.69) is 10.2 Å². The highest BCUT2D eigenvalue weighted by atomic mass is 35.5. The summed E-state index contributed by atoms with van der Waals surface area (Å²) in [6.07, 6.45) is 0.531. The number of halogens is 1. The van der Waals surface area contributed by atoms with Gasteiger partial charge in [0.05, 0.1) is 0 Å². The fraction of sp³-hybridized carbons (Fsp3) is 0.357. The first-order valence-corrected chi connectivity index (χ1v) is 6.64. The molecule has 0 spiro atoms. The topological polar surface area (TPSA) is 76.2 Å². The second kappa shape index (κ2) is 6.05. The minimum atomic E-state index is -0.828. The maximum atomic E-state index is 10.6. The molecule has 0 aliphatic heterocycles. The van der Waals surface area contributed by atoms with E-state index in [1.54, 1.807) is 6.07 Å². The molecule has 0 saturated heterocycles. The fourth-order valence-corrected chi connectivity index (χ4v) is 2.02. The van der Waals surface area contributed by atoms with Crippen LogP contribution in [0.5, 0.6) is 0 Å². The molecule has 1 aromatic carbocycles. The predicted octanol–water partition coefficient (Wildman–Crippen LogP) is 3.35. The van der Waals surface area contributed by atoms with Gasteiger partial charge in [-0.2, -0.15) is 0 Å². The van der Waals surface area contributed by atoms with Gasteiger partial charge in [0.15, 0.2) is 0 Å². The highest BCUT2D eigenvalue weighted by Gasteiger charge is 2.14. The molecule has 0 radical (unpaired) electrons. The average Bonchev–Trinajstić information content (AvgIpc) is 2.80. The third-order valence-corrected chi connectivity index (χ3v) is 3.34. The van der Waals surface area contributed by atoms with E-state index < -0.39 is 5.97 Å². The van der Waals surface area contributed by atoms with Crippen LogP contribution in [0.25, 0.3) is 11.5 Å². The second-order valence-corrected chi connectivity index (χ2v) is 5.28. The lowest BCUT2D eigenvalue weighted by Crippen LogP contribution is -2.07. The first-order valence-electron chi connectivity index (χ1n) is 6.26. The van der Waals surface area contributed by atoms with E-state index in [0.29, 0.717) is 23.2 Å². The van der Waals surface area contributed by atoms with Gasteiger partial charge in [-0.1, -0.05) is 18.5 Å². The third-order valence-electron chi connectivity index (χ3n) is 2.92. The maximum Gasteiger partial charge on any atom is 0.303 e. The molecule has 20 heavy (non-hydrogen) atoms. The van der Waals surface area contributed by atoms with Crippen LogP contribution in [0.15, 0.2) is 22.6 Å². The normalized spacial score (nSPS) is 12.3. The number of aliphatic carboxylic acids is 1. The molecule has 1 unspecified atom stereocenters. The summed E-state index contributed by atoms with van der Waals surface area (Å²) in [5, 5.41) is 17.3. The summed E-state index contributed by atoms with van der Waals surface area (Å²) in [6.45, 7) is 3.74. The number of aryl methyl sites for hydroxylation is 1. The Balaban J connectivity index is 2.12. The molecule has 1 atom stereocenters. The number of hydrogen-bond donors (Lipinski definition) is 1. The van der Waals surface area contributed by atoms with Crippen LogP contribution >= 0.6 is 11.6 Å². The van der Waals surface area contributed by atoms with E-state index in [9.17, 15) is 4.79 Å². The SMILES string of the molecule is Cc1cc(-c2nnc(CC(C)CC(=O)O)o2)ccc1Cl. The Labute approximate surface area is 121 Å². The lowest BCUT2D eigenvalue weighted by molar-refractivity contribution is -0.137. The zero-order valence-corrected chi connectivity index (χ0v) is 12.0. The molecular formula is C14H15ClN2O3. The quantitative estimate of drug-likeness (QED) is 0.915. The van der Waals surface area contributed by atoms with Crippen molar-refractivity contribution in [3.63, 3.8) is 0 Å². The molecule has 1 aromatic heterocycles. The molecule has 0 bridgehead atoms. The third kappa shape index (κ3) is 3.57. The summed E-state index contributed by atoms with van der Waals surface area (Å²) in [7, 11) is 0. The van der Waals surface area contributed by atoms with Crippen LogP contribution in [0.1, 0.15) is 24.8 Å². The Morgan fingerprint density at radius 1 is 1.45 bits per heavy atom. The van der Waals surface area contributed by atoms with Crippen molar-refractivity contribution < 1.29 is 14.3 Å². The molecule has 0 aliphatic carbocycles. The van der Waals surface area contributed by atoms with Crippen LogP contribution < -0.4 is 0 Å². The van der Waals surface area contributed by atoms with Crippen molar-refractivity contribution in [2.75, 3.05) is 0 Å². The number of aromatic nitrogens is 2.